The number of hydrogen-bond acceptors (Lipinski definition) is 4. The molecule has 2 unspecified atom stereocenters. The summed E-state index contributed by atoms with van der Waals surface area (Å²) in [6.45, 7) is 6.31. The van der Waals surface area contributed by atoms with E-state index in [9.17, 15) is 0 Å². The lowest BCUT2D eigenvalue weighted by Crippen LogP contribution is -2.19. The molecule has 0 saturated heterocycles. The normalized spacial score (nSPS) is 15.0. The highest BCUT2D eigenvalue weighted by Gasteiger charge is 2.18. The summed E-state index contributed by atoms with van der Waals surface area (Å²) in [7, 11) is 0. The van der Waals surface area contributed by atoms with Gasteiger partial charge in [0.05, 0.1) is 12.1 Å². The second kappa shape index (κ2) is 6.58. The SMILES string of the molecule is CCCCC(CCC)n1nnnc1C(C)N. The third-order valence-corrected chi connectivity index (χ3v) is 2.78. The van der Waals surface area contributed by atoms with Crippen LogP contribution in [-0.4, -0.2) is 20.2 Å². The molecule has 2 N–H and O–H groups in total. The molecule has 0 aliphatic heterocycles. The second-order valence-corrected chi connectivity index (χ2v) is 4.36. The fourth-order valence-electron chi connectivity index (χ4n) is 1.92. The topological polar surface area (TPSA) is 69.6 Å². The summed E-state index contributed by atoms with van der Waals surface area (Å²) in [5.74, 6) is 0.801. The van der Waals surface area contributed by atoms with Gasteiger partial charge in [0, 0.05) is 0 Å². The maximum absolute atomic E-state index is 5.86. The molecule has 0 aromatic carbocycles. The lowest BCUT2D eigenvalue weighted by atomic mass is 10.1. The van der Waals surface area contributed by atoms with Crippen LogP contribution < -0.4 is 5.73 Å². The Bertz CT molecular complexity index is 294. The first-order valence-corrected chi connectivity index (χ1v) is 6.24. The second-order valence-electron chi connectivity index (χ2n) is 4.36. The van der Waals surface area contributed by atoms with Gasteiger partial charge in [-0.1, -0.05) is 33.1 Å². The zero-order chi connectivity index (χ0) is 12.0. The van der Waals surface area contributed by atoms with Crippen LogP contribution in [0.15, 0.2) is 0 Å². The van der Waals surface area contributed by atoms with Crippen molar-refractivity contribution in [3.63, 3.8) is 0 Å². The van der Waals surface area contributed by atoms with Crippen molar-refractivity contribution < 1.29 is 0 Å². The van der Waals surface area contributed by atoms with E-state index in [1.807, 2.05) is 11.6 Å². The van der Waals surface area contributed by atoms with Gasteiger partial charge in [-0.15, -0.1) is 5.10 Å². The first-order valence-electron chi connectivity index (χ1n) is 6.24. The van der Waals surface area contributed by atoms with Crippen molar-refractivity contribution in [2.45, 2.75) is 65.0 Å². The number of rotatable bonds is 7. The molecular formula is C11H23N5. The van der Waals surface area contributed by atoms with Gasteiger partial charge in [0.25, 0.3) is 0 Å². The molecule has 0 aliphatic rings. The minimum atomic E-state index is -0.101. The van der Waals surface area contributed by atoms with E-state index < -0.39 is 0 Å². The van der Waals surface area contributed by atoms with Gasteiger partial charge in [0.2, 0.25) is 0 Å². The van der Waals surface area contributed by atoms with E-state index in [4.69, 9.17) is 5.73 Å². The maximum atomic E-state index is 5.86. The van der Waals surface area contributed by atoms with Crippen molar-refractivity contribution in [2.75, 3.05) is 0 Å². The standard InChI is InChI=1S/C11H23N5/c1-4-6-8-10(7-5-2)16-11(9(3)12)13-14-15-16/h9-10H,4-8,12H2,1-3H3. The molecule has 2 atom stereocenters. The summed E-state index contributed by atoms with van der Waals surface area (Å²) < 4.78 is 1.92. The Morgan fingerprint density at radius 2 is 2.00 bits per heavy atom. The zero-order valence-electron chi connectivity index (χ0n) is 10.6. The molecule has 0 saturated carbocycles. The van der Waals surface area contributed by atoms with Gasteiger partial charge in [-0.3, -0.25) is 0 Å². The fraction of sp³-hybridized carbons (Fsp3) is 0.909. The molecule has 1 aromatic heterocycles. The van der Waals surface area contributed by atoms with Crippen LogP contribution in [-0.2, 0) is 0 Å². The Morgan fingerprint density at radius 3 is 2.56 bits per heavy atom. The van der Waals surface area contributed by atoms with Gasteiger partial charge >= 0.3 is 0 Å². The van der Waals surface area contributed by atoms with Crippen LogP contribution in [0, 0.1) is 0 Å². The molecule has 5 heteroatoms. The van der Waals surface area contributed by atoms with Crippen molar-refractivity contribution in [1.29, 1.82) is 0 Å². The van der Waals surface area contributed by atoms with E-state index in [-0.39, 0.29) is 6.04 Å². The molecule has 1 rings (SSSR count). The molecule has 0 aliphatic carbocycles. The van der Waals surface area contributed by atoms with Crippen molar-refractivity contribution in [3.8, 4) is 0 Å². The Labute approximate surface area is 97.4 Å². The highest BCUT2D eigenvalue weighted by atomic mass is 15.6. The van der Waals surface area contributed by atoms with E-state index in [0.29, 0.717) is 6.04 Å². The minimum Gasteiger partial charge on any atom is -0.322 e. The molecule has 1 heterocycles. The van der Waals surface area contributed by atoms with Crippen molar-refractivity contribution in [3.05, 3.63) is 5.82 Å². The van der Waals surface area contributed by atoms with Crippen LogP contribution in [0.4, 0.5) is 0 Å². The Hall–Kier alpha value is -0.970. The Kier molecular flexibility index (Phi) is 5.38. The van der Waals surface area contributed by atoms with E-state index in [2.05, 4.69) is 29.4 Å². The lowest BCUT2D eigenvalue weighted by Gasteiger charge is -2.18. The summed E-state index contributed by atoms with van der Waals surface area (Å²) in [6.07, 6.45) is 5.81. The van der Waals surface area contributed by atoms with Gasteiger partial charge in [0.15, 0.2) is 5.82 Å². The van der Waals surface area contributed by atoms with Crippen LogP contribution in [0.25, 0.3) is 0 Å². The number of tetrazole rings is 1. The van der Waals surface area contributed by atoms with E-state index >= 15 is 0 Å². The molecule has 16 heavy (non-hydrogen) atoms. The minimum absolute atomic E-state index is 0.101. The summed E-state index contributed by atoms with van der Waals surface area (Å²) in [5, 5.41) is 11.8. The molecule has 92 valence electrons. The monoisotopic (exact) mass is 225 g/mol. The maximum Gasteiger partial charge on any atom is 0.167 e. The third-order valence-electron chi connectivity index (χ3n) is 2.78. The number of hydrogen-bond donors (Lipinski definition) is 1. The van der Waals surface area contributed by atoms with Gasteiger partial charge in [-0.25, -0.2) is 4.68 Å². The molecule has 0 spiro atoms. The summed E-state index contributed by atoms with van der Waals surface area (Å²) in [6, 6.07) is 0.303. The van der Waals surface area contributed by atoms with Crippen molar-refractivity contribution in [1.82, 2.24) is 20.2 Å². The highest BCUT2D eigenvalue weighted by molar-refractivity contribution is 4.90. The predicted molar refractivity (Wildman–Crippen MR) is 63.9 cm³/mol. The van der Waals surface area contributed by atoms with E-state index in [0.717, 1.165) is 25.1 Å². The molecule has 0 bridgehead atoms. The molecule has 0 amide bonds. The number of aromatic nitrogens is 4. The van der Waals surface area contributed by atoms with E-state index in [1.54, 1.807) is 0 Å². The van der Waals surface area contributed by atoms with Crippen LogP contribution in [0.1, 0.15) is 70.8 Å². The number of nitrogens with zero attached hydrogens (tertiary/aromatic N) is 4. The summed E-state index contributed by atoms with van der Waals surface area (Å²) in [5.41, 5.74) is 5.86. The van der Waals surface area contributed by atoms with Crippen LogP contribution in [0.2, 0.25) is 0 Å². The van der Waals surface area contributed by atoms with Gasteiger partial charge in [-0.2, -0.15) is 0 Å². The fourth-order valence-corrected chi connectivity index (χ4v) is 1.92. The van der Waals surface area contributed by atoms with Gasteiger partial charge in [-0.05, 0) is 30.2 Å². The Balaban J connectivity index is 2.78. The quantitative estimate of drug-likeness (QED) is 0.772. The van der Waals surface area contributed by atoms with E-state index in [1.165, 1.54) is 12.8 Å². The lowest BCUT2D eigenvalue weighted by molar-refractivity contribution is 0.361. The smallest absolute Gasteiger partial charge is 0.167 e. The largest absolute Gasteiger partial charge is 0.322 e. The van der Waals surface area contributed by atoms with Crippen molar-refractivity contribution in [2.24, 2.45) is 5.73 Å². The molecule has 0 fully saturated rings. The highest BCUT2D eigenvalue weighted by Crippen LogP contribution is 2.22. The predicted octanol–water partition coefficient (Wildman–Crippen LogP) is 2.22. The van der Waals surface area contributed by atoms with Gasteiger partial charge in [0.1, 0.15) is 0 Å². The molecule has 0 radical (unpaired) electrons. The third kappa shape index (κ3) is 3.27. The summed E-state index contributed by atoms with van der Waals surface area (Å²) >= 11 is 0. The number of unbranched alkanes of at least 4 members (excludes halogenated alkanes) is 1. The van der Waals surface area contributed by atoms with Crippen LogP contribution in [0.5, 0.6) is 0 Å². The van der Waals surface area contributed by atoms with Crippen LogP contribution >= 0.6 is 0 Å². The average molecular weight is 225 g/mol. The first-order chi connectivity index (χ1) is 7.70. The Morgan fingerprint density at radius 1 is 1.25 bits per heavy atom. The van der Waals surface area contributed by atoms with Crippen molar-refractivity contribution >= 4 is 0 Å². The summed E-state index contributed by atoms with van der Waals surface area (Å²) in [4.78, 5) is 0. The number of nitrogens with two attached hydrogens (primary N) is 1. The van der Waals surface area contributed by atoms with Gasteiger partial charge < -0.3 is 5.73 Å². The molecule has 1 aromatic rings. The first kappa shape index (κ1) is 13.1. The molecule has 5 nitrogen and oxygen atoms in total. The zero-order valence-corrected chi connectivity index (χ0v) is 10.6. The average Bonchev–Trinajstić information content (AvgIpc) is 2.73. The van der Waals surface area contributed by atoms with Crippen LogP contribution in [0.3, 0.4) is 0 Å². The molecular weight excluding hydrogens is 202 g/mol.